The smallest absolute Gasteiger partial charge is 0.161 e. The Labute approximate surface area is 256 Å². The van der Waals surface area contributed by atoms with Crippen LogP contribution in [-0.4, -0.2) is 17.0 Å². The molecule has 2 nitrogen and oxygen atoms in total. The van der Waals surface area contributed by atoms with Crippen molar-refractivity contribution < 1.29 is 9.90 Å². The number of Topliss-reactive ketones (excluding diaryl/α,β-unsaturated/α-hetero) is 1. The molecule has 0 heterocycles. The summed E-state index contributed by atoms with van der Waals surface area (Å²) in [6.45, 7) is 21.2. The number of carbonyl (C=O) groups excluding carboxylic acids is 1. The Hall–Kier alpha value is -3.23. The summed E-state index contributed by atoms with van der Waals surface area (Å²) in [4.78, 5) is 12.2. The number of aliphatic hydroxyl groups excluding tert-OH is 1. The lowest BCUT2D eigenvalue weighted by atomic mass is 9.70. The largest absolute Gasteiger partial charge is 0.392 e. The van der Waals surface area contributed by atoms with Crippen LogP contribution in [0.5, 0.6) is 0 Å². The molecule has 1 atom stereocenters. The second kappa shape index (κ2) is 15.8. The van der Waals surface area contributed by atoms with E-state index >= 15 is 0 Å². The zero-order valence-corrected chi connectivity index (χ0v) is 27.8. The van der Waals surface area contributed by atoms with Gasteiger partial charge in [0.15, 0.2) is 5.78 Å². The maximum absolute atomic E-state index is 12.2. The molecule has 0 spiro atoms. The molecule has 0 bridgehead atoms. The van der Waals surface area contributed by atoms with Crippen LogP contribution in [0.25, 0.3) is 0 Å². The van der Waals surface area contributed by atoms with Gasteiger partial charge in [-0.2, -0.15) is 0 Å². The lowest BCUT2D eigenvalue weighted by Crippen LogP contribution is -2.38. The van der Waals surface area contributed by atoms with Gasteiger partial charge >= 0.3 is 0 Å². The fourth-order valence-electron chi connectivity index (χ4n) is 5.52. The van der Waals surface area contributed by atoms with Gasteiger partial charge in [-0.25, -0.2) is 0 Å². The Morgan fingerprint density at radius 1 is 0.714 bits per heavy atom. The van der Waals surface area contributed by atoms with Crippen molar-refractivity contribution in [3.8, 4) is 0 Å². The van der Waals surface area contributed by atoms with Gasteiger partial charge in [0.25, 0.3) is 0 Å². The maximum atomic E-state index is 12.2. The van der Waals surface area contributed by atoms with Gasteiger partial charge in [-0.15, -0.1) is 0 Å². The Morgan fingerprint density at radius 2 is 1.17 bits per heavy atom. The molecule has 0 aromatic carbocycles. The first-order valence-electron chi connectivity index (χ1n) is 15.4. The number of hydrogen-bond acceptors (Lipinski definition) is 2. The summed E-state index contributed by atoms with van der Waals surface area (Å²) >= 11 is 0. The van der Waals surface area contributed by atoms with E-state index in [9.17, 15) is 9.90 Å². The molecular weight excluding hydrogens is 512 g/mol. The molecule has 2 aliphatic rings. The molecule has 0 fully saturated rings. The quantitative estimate of drug-likeness (QED) is 0.267. The van der Waals surface area contributed by atoms with Gasteiger partial charge in [-0.1, -0.05) is 141 Å². The monoisotopic (exact) mass is 566 g/mol. The first-order chi connectivity index (χ1) is 19.6. The Balaban J connectivity index is 1.92. The minimum absolute atomic E-state index is 0.0276. The molecule has 0 saturated carbocycles. The third kappa shape index (κ3) is 10.6. The lowest BCUT2D eigenvalue weighted by Gasteiger charge is -2.36. The second-order valence-electron chi connectivity index (χ2n) is 13.2. The van der Waals surface area contributed by atoms with Gasteiger partial charge < -0.3 is 5.11 Å². The van der Waals surface area contributed by atoms with Crippen LogP contribution in [0.15, 0.2) is 130 Å². The van der Waals surface area contributed by atoms with Crippen LogP contribution in [0, 0.1) is 10.8 Å². The summed E-state index contributed by atoms with van der Waals surface area (Å²) in [5, 5.41) is 10.4. The summed E-state index contributed by atoms with van der Waals surface area (Å²) in [7, 11) is 0. The molecule has 0 aromatic heterocycles. The summed E-state index contributed by atoms with van der Waals surface area (Å²) in [5.74, 6) is 0.0276. The number of aliphatic hydroxyl groups is 1. The first-order valence-corrected chi connectivity index (χ1v) is 15.4. The molecule has 0 radical (unpaired) electrons. The summed E-state index contributed by atoms with van der Waals surface area (Å²) < 4.78 is 0. The van der Waals surface area contributed by atoms with Crippen molar-refractivity contribution in [2.45, 2.75) is 101 Å². The zero-order chi connectivity index (χ0) is 31.5. The van der Waals surface area contributed by atoms with Gasteiger partial charge in [-0.3, -0.25) is 4.79 Å². The predicted octanol–water partition coefficient (Wildman–Crippen LogP) is 10.8. The van der Waals surface area contributed by atoms with E-state index in [1.807, 2.05) is 45.9 Å². The van der Waals surface area contributed by atoms with E-state index in [0.29, 0.717) is 0 Å². The van der Waals surface area contributed by atoms with Crippen molar-refractivity contribution in [1.82, 2.24) is 0 Å². The highest BCUT2D eigenvalue weighted by molar-refractivity contribution is 5.97. The lowest BCUT2D eigenvalue weighted by molar-refractivity contribution is -0.120. The molecule has 226 valence electrons. The van der Waals surface area contributed by atoms with Gasteiger partial charge in [-0.05, 0) is 82.9 Å². The van der Waals surface area contributed by atoms with Crippen LogP contribution in [0.1, 0.15) is 94.9 Å². The van der Waals surface area contributed by atoms with E-state index in [0.717, 1.165) is 22.3 Å². The van der Waals surface area contributed by atoms with Crippen molar-refractivity contribution >= 4 is 5.78 Å². The first kappa shape index (κ1) is 35.0. The number of rotatable bonds is 10. The third-order valence-corrected chi connectivity index (χ3v) is 8.56. The molecule has 1 N–H and O–H groups in total. The van der Waals surface area contributed by atoms with Crippen LogP contribution in [0.4, 0.5) is 0 Å². The Kier molecular flexibility index (Phi) is 13.2. The highest BCUT2D eigenvalue weighted by Gasteiger charge is 2.38. The normalized spacial score (nSPS) is 23.3. The number of ketones is 1. The molecule has 1 unspecified atom stereocenters. The standard InChI is InChI=1S/C40H54O2/c1-29(18-13-20-31(3)23-25-35-33(5)22-15-27-39(35,7)8)16-11-12-17-30(2)19-14-21-32(4)24-26-36-34(6)37(41)28-38(42)40(36,9)10/h11-14,16-21,23-26,38,42H,15,22,27-28H2,1-10H3/b12-11+,18-13+,19-14+,25-23+,26-24+,29-16+,30-17+,31-20+,32-21+. The van der Waals surface area contributed by atoms with E-state index in [2.05, 4.69) is 108 Å². The van der Waals surface area contributed by atoms with Gasteiger partial charge in [0, 0.05) is 11.8 Å². The van der Waals surface area contributed by atoms with Gasteiger partial charge in [0.1, 0.15) is 0 Å². The molecule has 2 rings (SSSR count). The van der Waals surface area contributed by atoms with Crippen LogP contribution < -0.4 is 0 Å². The van der Waals surface area contributed by atoms with Crippen LogP contribution in [-0.2, 0) is 4.79 Å². The Morgan fingerprint density at radius 3 is 1.67 bits per heavy atom. The fraction of sp³-hybridized carbons (Fsp3) is 0.425. The molecule has 2 heteroatoms. The molecule has 2 aliphatic carbocycles. The molecule has 42 heavy (non-hydrogen) atoms. The predicted molar refractivity (Wildman–Crippen MR) is 183 cm³/mol. The molecular formula is C40H54O2. The van der Waals surface area contributed by atoms with E-state index in [1.54, 1.807) is 0 Å². The number of allylic oxidation sites excluding steroid dienone is 21. The summed E-state index contributed by atoms with van der Waals surface area (Å²) in [5.41, 5.74) is 9.21. The average molecular weight is 567 g/mol. The second-order valence-corrected chi connectivity index (χ2v) is 13.2. The fourth-order valence-corrected chi connectivity index (χ4v) is 5.52. The van der Waals surface area contributed by atoms with Crippen LogP contribution >= 0.6 is 0 Å². The van der Waals surface area contributed by atoms with E-state index in [1.165, 1.54) is 41.6 Å². The SMILES string of the molecule is CC1=C(/C=C/C(C)=C/C=C/C(C)=C/C=C/C=C(C)/C=C/C=C(C)/C=C/C2=C(C)C(=O)CC(O)C2(C)C)C(C)(C)CCC1. The van der Waals surface area contributed by atoms with Crippen molar-refractivity contribution in [2.75, 3.05) is 0 Å². The molecule has 0 saturated heterocycles. The van der Waals surface area contributed by atoms with Crippen molar-refractivity contribution in [3.63, 3.8) is 0 Å². The zero-order valence-electron chi connectivity index (χ0n) is 27.8. The summed E-state index contributed by atoms with van der Waals surface area (Å²) in [6.07, 6.45) is 32.8. The number of hydrogen-bond donors (Lipinski definition) is 1. The Bertz CT molecular complexity index is 1330. The van der Waals surface area contributed by atoms with E-state index < -0.39 is 11.5 Å². The maximum Gasteiger partial charge on any atom is 0.161 e. The minimum Gasteiger partial charge on any atom is -0.392 e. The topological polar surface area (TPSA) is 37.3 Å². The van der Waals surface area contributed by atoms with Gasteiger partial charge in [0.05, 0.1) is 6.10 Å². The summed E-state index contributed by atoms with van der Waals surface area (Å²) in [6, 6.07) is 0. The highest BCUT2D eigenvalue weighted by Crippen LogP contribution is 2.41. The van der Waals surface area contributed by atoms with E-state index in [4.69, 9.17) is 0 Å². The van der Waals surface area contributed by atoms with Crippen molar-refractivity contribution in [2.24, 2.45) is 10.8 Å². The van der Waals surface area contributed by atoms with Crippen molar-refractivity contribution in [1.29, 1.82) is 0 Å². The third-order valence-electron chi connectivity index (χ3n) is 8.56. The van der Waals surface area contributed by atoms with Crippen LogP contribution in [0.2, 0.25) is 0 Å². The van der Waals surface area contributed by atoms with E-state index in [-0.39, 0.29) is 17.6 Å². The van der Waals surface area contributed by atoms with Crippen LogP contribution in [0.3, 0.4) is 0 Å². The molecule has 0 amide bonds. The molecule has 0 aromatic rings. The van der Waals surface area contributed by atoms with Gasteiger partial charge in [0.2, 0.25) is 0 Å². The average Bonchev–Trinajstić information content (AvgIpc) is 2.89. The number of carbonyl (C=O) groups is 1. The highest BCUT2D eigenvalue weighted by atomic mass is 16.3. The minimum atomic E-state index is -0.650. The van der Waals surface area contributed by atoms with Crippen molar-refractivity contribution in [3.05, 3.63) is 130 Å². The molecule has 0 aliphatic heterocycles.